The van der Waals surface area contributed by atoms with Gasteiger partial charge in [-0.2, -0.15) is 0 Å². The van der Waals surface area contributed by atoms with Gasteiger partial charge in [0.25, 0.3) is 0 Å². The molecule has 20 heavy (non-hydrogen) atoms. The Bertz CT molecular complexity index is 506. The average Bonchev–Trinajstić information content (AvgIpc) is 2.80. The molecule has 0 aromatic heterocycles. The Hall–Kier alpha value is -1.20. The topological polar surface area (TPSA) is 57.6 Å². The summed E-state index contributed by atoms with van der Waals surface area (Å²) in [6.07, 6.45) is 0.744. The number of halogens is 1. The zero-order valence-electron chi connectivity index (χ0n) is 11.1. The van der Waals surface area contributed by atoms with E-state index < -0.39 is 12.0 Å². The summed E-state index contributed by atoms with van der Waals surface area (Å²) in [5.41, 5.74) is 0. The van der Waals surface area contributed by atoms with Crippen LogP contribution in [0.1, 0.15) is 13.3 Å². The average molecular weight is 314 g/mol. The van der Waals surface area contributed by atoms with E-state index in [4.69, 9.17) is 11.6 Å². The number of benzene rings is 1. The molecule has 0 spiro atoms. The molecule has 0 saturated carbocycles. The van der Waals surface area contributed by atoms with E-state index in [9.17, 15) is 14.7 Å². The number of hydrogen-bond acceptors (Lipinski definition) is 3. The monoisotopic (exact) mass is 313 g/mol. The van der Waals surface area contributed by atoms with Crippen molar-refractivity contribution in [2.45, 2.75) is 24.3 Å². The van der Waals surface area contributed by atoms with Crippen molar-refractivity contribution in [1.82, 2.24) is 4.90 Å². The molecule has 0 radical (unpaired) electrons. The first-order valence-electron chi connectivity index (χ1n) is 6.39. The van der Waals surface area contributed by atoms with Crippen molar-refractivity contribution >= 4 is 35.2 Å². The molecule has 2 unspecified atom stereocenters. The molecule has 1 aromatic carbocycles. The van der Waals surface area contributed by atoms with E-state index in [2.05, 4.69) is 0 Å². The number of carbonyl (C=O) groups excluding carboxylic acids is 1. The Kier molecular flexibility index (Phi) is 4.94. The summed E-state index contributed by atoms with van der Waals surface area (Å²) in [7, 11) is 0. The van der Waals surface area contributed by atoms with Gasteiger partial charge in [-0.15, -0.1) is 11.8 Å². The van der Waals surface area contributed by atoms with Crippen molar-refractivity contribution < 1.29 is 14.7 Å². The largest absolute Gasteiger partial charge is 0.480 e. The quantitative estimate of drug-likeness (QED) is 0.868. The summed E-state index contributed by atoms with van der Waals surface area (Å²) in [4.78, 5) is 25.8. The molecular formula is C14H16ClNO3S. The van der Waals surface area contributed by atoms with Crippen LogP contribution in [0.5, 0.6) is 0 Å². The van der Waals surface area contributed by atoms with Gasteiger partial charge in [0.2, 0.25) is 5.91 Å². The van der Waals surface area contributed by atoms with E-state index in [1.807, 2.05) is 19.1 Å². The highest BCUT2D eigenvalue weighted by atomic mass is 35.5. The fourth-order valence-corrected chi connectivity index (χ4v) is 3.27. The number of aliphatic carboxylic acids is 1. The molecule has 0 aliphatic carbocycles. The number of carboxylic acids is 1. The molecule has 1 saturated heterocycles. The lowest BCUT2D eigenvalue weighted by Gasteiger charge is -2.23. The first-order valence-corrected chi connectivity index (χ1v) is 7.76. The van der Waals surface area contributed by atoms with E-state index in [1.54, 1.807) is 12.1 Å². The second kappa shape index (κ2) is 6.50. The highest BCUT2D eigenvalue weighted by Crippen LogP contribution is 2.26. The van der Waals surface area contributed by atoms with Crippen LogP contribution in [0.25, 0.3) is 0 Å². The third kappa shape index (κ3) is 3.46. The number of nitrogens with zero attached hydrogens (tertiary/aromatic N) is 1. The highest BCUT2D eigenvalue weighted by molar-refractivity contribution is 8.00. The molecule has 2 atom stereocenters. The number of carbonyl (C=O) groups is 2. The van der Waals surface area contributed by atoms with Gasteiger partial charge in [-0.1, -0.05) is 18.5 Å². The maximum atomic E-state index is 12.2. The Morgan fingerprint density at radius 1 is 1.40 bits per heavy atom. The van der Waals surface area contributed by atoms with Gasteiger partial charge in [-0.3, -0.25) is 4.79 Å². The lowest BCUT2D eigenvalue weighted by molar-refractivity contribution is -0.148. The van der Waals surface area contributed by atoms with Crippen LogP contribution in [0.2, 0.25) is 5.02 Å². The number of rotatable bonds is 4. The molecule has 1 aliphatic rings. The van der Waals surface area contributed by atoms with Gasteiger partial charge in [0.1, 0.15) is 6.04 Å². The zero-order chi connectivity index (χ0) is 14.7. The lowest BCUT2D eigenvalue weighted by Crippen LogP contribution is -2.43. The third-order valence-electron chi connectivity index (χ3n) is 3.45. The summed E-state index contributed by atoms with van der Waals surface area (Å²) < 4.78 is 0. The second-order valence-corrected chi connectivity index (χ2v) is 6.36. The van der Waals surface area contributed by atoms with E-state index in [0.717, 1.165) is 11.3 Å². The van der Waals surface area contributed by atoms with Crippen molar-refractivity contribution in [2.24, 2.45) is 5.92 Å². The summed E-state index contributed by atoms with van der Waals surface area (Å²) in [5.74, 6) is -0.781. The second-order valence-electron chi connectivity index (χ2n) is 4.88. The van der Waals surface area contributed by atoms with Crippen LogP contribution in [0.3, 0.4) is 0 Å². The molecule has 4 nitrogen and oxygen atoms in total. The minimum Gasteiger partial charge on any atom is -0.480 e. The van der Waals surface area contributed by atoms with E-state index in [0.29, 0.717) is 11.6 Å². The van der Waals surface area contributed by atoms with Crippen molar-refractivity contribution in [1.29, 1.82) is 0 Å². The van der Waals surface area contributed by atoms with Gasteiger partial charge in [0, 0.05) is 16.5 Å². The Balaban J connectivity index is 1.94. The fraction of sp³-hybridized carbons (Fsp3) is 0.429. The fourth-order valence-electron chi connectivity index (χ4n) is 2.36. The molecule has 1 aromatic rings. The summed E-state index contributed by atoms with van der Waals surface area (Å²) in [6, 6.07) is 6.55. The molecule has 6 heteroatoms. The van der Waals surface area contributed by atoms with Gasteiger partial charge in [-0.05, 0) is 36.6 Å². The maximum absolute atomic E-state index is 12.2. The van der Waals surface area contributed by atoms with Gasteiger partial charge >= 0.3 is 5.97 Å². The smallest absolute Gasteiger partial charge is 0.326 e. The van der Waals surface area contributed by atoms with Crippen molar-refractivity contribution in [2.75, 3.05) is 12.3 Å². The predicted molar refractivity (Wildman–Crippen MR) is 79.1 cm³/mol. The zero-order valence-corrected chi connectivity index (χ0v) is 12.7. The SMILES string of the molecule is CC1CCN(C(=O)CSc2ccc(Cl)cc2)C1C(=O)O. The molecule has 2 rings (SSSR count). The highest BCUT2D eigenvalue weighted by Gasteiger charge is 2.39. The number of carboxylic acid groups (broad SMARTS) is 1. The normalized spacial score (nSPS) is 22.0. The Morgan fingerprint density at radius 2 is 2.05 bits per heavy atom. The van der Waals surface area contributed by atoms with Crippen molar-refractivity contribution in [3.05, 3.63) is 29.3 Å². The maximum Gasteiger partial charge on any atom is 0.326 e. The third-order valence-corrected chi connectivity index (χ3v) is 4.70. The van der Waals surface area contributed by atoms with E-state index in [-0.39, 0.29) is 17.6 Å². The van der Waals surface area contributed by atoms with E-state index >= 15 is 0 Å². The molecule has 1 N–H and O–H groups in total. The Morgan fingerprint density at radius 3 is 2.65 bits per heavy atom. The first-order chi connectivity index (χ1) is 9.49. The first kappa shape index (κ1) is 15.2. The molecular weight excluding hydrogens is 298 g/mol. The minimum absolute atomic E-state index is 0.0111. The van der Waals surface area contributed by atoms with Gasteiger partial charge in [0.05, 0.1) is 5.75 Å². The number of likely N-dealkylation sites (tertiary alicyclic amines) is 1. The molecule has 1 amide bonds. The van der Waals surface area contributed by atoms with Gasteiger partial charge in [0.15, 0.2) is 0 Å². The Labute approximate surface area is 127 Å². The van der Waals surface area contributed by atoms with E-state index in [1.165, 1.54) is 16.7 Å². The summed E-state index contributed by atoms with van der Waals surface area (Å²) >= 11 is 7.19. The van der Waals surface area contributed by atoms with Crippen LogP contribution < -0.4 is 0 Å². The molecule has 1 fully saturated rings. The number of hydrogen-bond donors (Lipinski definition) is 1. The van der Waals surface area contributed by atoms with Crippen LogP contribution in [-0.2, 0) is 9.59 Å². The summed E-state index contributed by atoms with van der Waals surface area (Å²) in [5, 5.41) is 9.86. The molecule has 1 aliphatic heterocycles. The molecule has 108 valence electrons. The van der Waals surface area contributed by atoms with Gasteiger partial charge < -0.3 is 10.0 Å². The van der Waals surface area contributed by atoms with Crippen LogP contribution in [-0.4, -0.2) is 40.2 Å². The van der Waals surface area contributed by atoms with Crippen molar-refractivity contribution in [3.8, 4) is 0 Å². The minimum atomic E-state index is -0.917. The number of thioether (sulfide) groups is 1. The standard InChI is InChI=1S/C14H16ClNO3S/c1-9-6-7-16(13(9)14(18)19)12(17)8-20-11-4-2-10(15)3-5-11/h2-5,9,13H,6-8H2,1H3,(H,18,19). The van der Waals surface area contributed by atoms with Crippen LogP contribution >= 0.6 is 23.4 Å². The molecule has 0 bridgehead atoms. The number of amides is 1. The van der Waals surface area contributed by atoms with Crippen molar-refractivity contribution in [3.63, 3.8) is 0 Å². The van der Waals surface area contributed by atoms with Gasteiger partial charge in [-0.25, -0.2) is 4.79 Å². The lowest BCUT2D eigenvalue weighted by atomic mass is 10.0. The molecule has 1 heterocycles. The summed E-state index contributed by atoms with van der Waals surface area (Å²) in [6.45, 7) is 2.40. The van der Waals surface area contributed by atoms with Crippen LogP contribution in [0.15, 0.2) is 29.2 Å². The van der Waals surface area contributed by atoms with Crippen LogP contribution in [0.4, 0.5) is 0 Å². The van der Waals surface area contributed by atoms with Crippen LogP contribution in [0, 0.1) is 5.92 Å². The predicted octanol–water partition coefficient (Wildman–Crippen LogP) is 2.75.